The van der Waals surface area contributed by atoms with E-state index in [4.69, 9.17) is 5.73 Å². The monoisotopic (exact) mass is 233 g/mol. The second kappa shape index (κ2) is 4.65. The van der Waals surface area contributed by atoms with E-state index >= 15 is 0 Å². The lowest BCUT2D eigenvalue weighted by molar-refractivity contribution is -0.121. The molecular formula is C13H19N3O. The molecular weight excluding hydrogens is 214 g/mol. The number of nitrogen functional groups attached to an aromatic ring is 1. The van der Waals surface area contributed by atoms with E-state index in [0.29, 0.717) is 6.54 Å². The van der Waals surface area contributed by atoms with Crippen molar-refractivity contribution in [1.82, 2.24) is 5.32 Å². The number of anilines is 2. The molecule has 0 saturated heterocycles. The quantitative estimate of drug-likeness (QED) is 0.770. The molecule has 0 spiro atoms. The van der Waals surface area contributed by atoms with Crippen LogP contribution in [0.15, 0.2) is 18.2 Å². The van der Waals surface area contributed by atoms with Crippen LogP contribution < -0.4 is 16.0 Å². The fourth-order valence-corrected chi connectivity index (χ4v) is 2.37. The molecule has 1 amide bonds. The molecule has 4 heteroatoms. The minimum atomic E-state index is -0.166. The second-order valence-corrected chi connectivity index (χ2v) is 4.37. The Hall–Kier alpha value is -1.71. The minimum Gasteiger partial charge on any atom is -0.397 e. The van der Waals surface area contributed by atoms with Crippen LogP contribution in [0.1, 0.15) is 19.4 Å². The van der Waals surface area contributed by atoms with Crippen LogP contribution in [-0.2, 0) is 11.2 Å². The normalized spacial score (nSPS) is 15.5. The molecule has 0 aromatic heterocycles. The van der Waals surface area contributed by atoms with Gasteiger partial charge in [0.1, 0.15) is 6.04 Å². The van der Waals surface area contributed by atoms with Crippen molar-refractivity contribution in [2.24, 2.45) is 0 Å². The van der Waals surface area contributed by atoms with Crippen molar-refractivity contribution in [3.05, 3.63) is 23.8 Å². The van der Waals surface area contributed by atoms with Gasteiger partial charge in [0.15, 0.2) is 0 Å². The SMILES string of the molecule is CCNC(=O)C(C)N1CCc2cccc(N)c21. The van der Waals surface area contributed by atoms with Gasteiger partial charge in [0.2, 0.25) is 5.91 Å². The van der Waals surface area contributed by atoms with E-state index in [0.717, 1.165) is 24.3 Å². The highest BCUT2D eigenvalue weighted by molar-refractivity contribution is 5.87. The lowest BCUT2D eigenvalue weighted by Gasteiger charge is -2.27. The Morgan fingerprint density at radius 3 is 3.06 bits per heavy atom. The fourth-order valence-electron chi connectivity index (χ4n) is 2.37. The van der Waals surface area contributed by atoms with Crippen molar-refractivity contribution in [3.63, 3.8) is 0 Å². The average molecular weight is 233 g/mol. The molecule has 0 aliphatic carbocycles. The van der Waals surface area contributed by atoms with Gasteiger partial charge in [-0.2, -0.15) is 0 Å². The number of amides is 1. The van der Waals surface area contributed by atoms with Crippen molar-refractivity contribution in [2.75, 3.05) is 23.7 Å². The third-order valence-corrected chi connectivity index (χ3v) is 3.26. The van der Waals surface area contributed by atoms with E-state index in [1.807, 2.05) is 26.0 Å². The predicted octanol–water partition coefficient (Wildman–Crippen LogP) is 1.16. The maximum atomic E-state index is 11.9. The molecule has 2 rings (SSSR count). The summed E-state index contributed by atoms with van der Waals surface area (Å²) >= 11 is 0. The number of fused-ring (bicyclic) bond motifs is 1. The first kappa shape index (κ1) is 11.8. The van der Waals surface area contributed by atoms with Gasteiger partial charge in [0, 0.05) is 13.1 Å². The molecule has 1 aromatic rings. The minimum absolute atomic E-state index is 0.0589. The van der Waals surface area contributed by atoms with Crippen LogP contribution in [0.3, 0.4) is 0 Å². The summed E-state index contributed by atoms with van der Waals surface area (Å²) in [7, 11) is 0. The van der Waals surface area contributed by atoms with Crippen LogP contribution in [0.2, 0.25) is 0 Å². The van der Waals surface area contributed by atoms with Crippen molar-refractivity contribution < 1.29 is 4.79 Å². The molecule has 4 nitrogen and oxygen atoms in total. The number of carbonyl (C=O) groups excluding carboxylic acids is 1. The molecule has 1 unspecified atom stereocenters. The van der Waals surface area contributed by atoms with Crippen LogP contribution >= 0.6 is 0 Å². The first-order chi connectivity index (χ1) is 8.15. The van der Waals surface area contributed by atoms with E-state index in [-0.39, 0.29) is 11.9 Å². The Morgan fingerprint density at radius 1 is 1.59 bits per heavy atom. The third kappa shape index (κ3) is 2.07. The van der Waals surface area contributed by atoms with E-state index in [1.54, 1.807) is 0 Å². The lowest BCUT2D eigenvalue weighted by Crippen LogP contribution is -2.44. The summed E-state index contributed by atoms with van der Waals surface area (Å²) in [4.78, 5) is 14.0. The number of nitrogens with one attached hydrogen (secondary N) is 1. The zero-order valence-corrected chi connectivity index (χ0v) is 10.4. The molecule has 1 atom stereocenters. The van der Waals surface area contributed by atoms with Crippen molar-refractivity contribution >= 4 is 17.3 Å². The van der Waals surface area contributed by atoms with Gasteiger partial charge in [-0.05, 0) is 31.9 Å². The molecule has 1 heterocycles. The highest BCUT2D eigenvalue weighted by Gasteiger charge is 2.28. The molecule has 0 saturated carbocycles. The Balaban J connectivity index is 2.24. The molecule has 0 radical (unpaired) electrons. The van der Waals surface area contributed by atoms with Gasteiger partial charge in [-0.15, -0.1) is 0 Å². The summed E-state index contributed by atoms with van der Waals surface area (Å²) in [5.74, 6) is 0.0589. The topological polar surface area (TPSA) is 58.4 Å². The summed E-state index contributed by atoms with van der Waals surface area (Å²) in [6, 6.07) is 5.77. The van der Waals surface area contributed by atoms with Crippen molar-refractivity contribution in [1.29, 1.82) is 0 Å². The van der Waals surface area contributed by atoms with Crippen molar-refractivity contribution in [2.45, 2.75) is 26.3 Å². The van der Waals surface area contributed by atoms with Crippen LogP contribution in [-0.4, -0.2) is 25.0 Å². The maximum absolute atomic E-state index is 11.9. The fraction of sp³-hybridized carbons (Fsp3) is 0.462. The molecule has 92 valence electrons. The van der Waals surface area contributed by atoms with E-state index < -0.39 is 0 Å². The van der Waals surface area contributed by atoms with Gasteiger partial charge in [0.25, 0.3) is 0 Å². The zero-order chi connectivity index (χ0) is 12.4. The highest BCUT2D eigenvalue weighted by atomic mass is 16.2. The number of nitrogens with two attached hydrogens (primary N) is 1. The number of hydrogen-bond donors (Lipinski definition) is 2. The van der Waals surface area contributed by atoms with E-state index in [1.165, 1.54) is 5.56 Å². The Bertz CT molecular complexity index is 431. The van der Waals surface area contributed by atoms with Crippen molar-refractivity contribution in [3.8, 4) is 0 Å². The maximum Gasteiger partial charge on any atom is 0.242 e. The summed E-state index contributed by atoms with van der Waals surface area (Å²) in [5.41, 5.74) is 9.03. The predicted molar refractivity (Wildman–Crippen MR) is 70.1 cm³/mol. The van der Waals surface area contributed by atoms with Gasteiger partial charge < -0.3 is 16.0 Å². The zero-order valence-electron chi connectivity index (χ0n) is 10.4. The van der Waals surface area contributed by atoms with Gasteiger partial charge in [-0.1, -0.05) is 12.1 Å². The standard InChI is InChI=1S/C13H19N3O/c1-3-15-13(17)9(2)16-8-7-10-5-4-6-11(14)12(10)16/h4-6,9H,3,7-8,14H2,1-2H3,(H,15,17). The summed E-state index contributed by atoms with van der Waals surface area (Å²) < 4.78 is 0. The summed E-state index contributed by atoms with van der Waals surface area (Å²) in [5, 5.41) is 2.85. The molecule has 17 heavy (non-hydrogen) atoms. The summed E-state index contributed by atoms with van der Waals surface area (Å²) in [6.07, 6.45) is 0.962. The van der Waals surface area contributed by atoms with Gasteiger partial charge >= 0.3 is 0 Å². The van der Waals surface area contributed by atoms with Crippen LogP contribution in [0.5, 0.6) is 0 Å². The molecule has 3 N–H and O–H groups in total. The average Bonchev–Trinajstić information content (AvgIpc) is 2.73. The van der Waals surface area contributed by atoms with Crippen LogP contribution in [0.4, 0.5) is 11.4 Å². The van der Waals surface area contributed by atoms with Gasteiger partial charge in [0.05, 0.1) is 11.4 Å². The molecule has 0 bridgehead atoms. The second-order valence-electron chi connectivity index (χ2n) is 4.37. The molecule has 1 aliphatic heterocycles. The first-order valence-corrected chi connectivity index (χ1v) is 6.07. The number of benzene rings is 1. The largest absolute Gasteiger partial charge is 0.397 e. The van der Waals surface area contributed by atoms with Crippen LogP contribution in [0, 0.1) is 0 Å². The Morgan fingerprint density at radius 2 is 2.35 bits per heavy atom. The number of rotatable bonds is 3. The number of likely N-dealkylation sites (N-methyl/N-ethyl adjacent to an activating group) is 1. The molecule has 1 aromatic carbocycles. The Kier molecular flexibility index (Phi) is 3.22. The number of hydrogen-bond acceptors (Lipinski definition) is 3. The summed E-state index contributed by atoms with van der Waals surface area (Å²) in [6.45, 7) is 5.37. The molecule has 0 fully saturated rings. The number of carbonyl (C=O) groups is 1. The van der Waals surface area contributed by atoms with Gasteiger partial charge in [-0.25, -0.2) is 0 Å². The molecule has 1 aliphatic rings. The van der Waals surface area contributed by atoms with E-state index in [2.05, 4.69) is 16.3 Å². The first-order valence-electron chi connectivity index (χ1n) is 6.07. The smallest absolute Gasteiger partial charge is 0.242 e. The third-order valence-electron chi connectivity index (χ3n) is 3.26. The number of para-hydroxylation sites is 1. The van der Waals surface area contributed by atoms with E-state index in [9.17, 15) is 4.79 Å². The van der Waals surface area contributed by atoms with Gasteiger partial charge in [-0.3, -0.25) is 4.79 Å². The highest BCUT2D eigenvalue weighted by Crippen LogP contribution is 2.34. The lowest BCUT2D eigenvalue weighted by atomic mass is 10.1. The Labute approximate surface area is 102 Å². The van der Waals surface area contributed by atoms with Crippen LogP contribution in [0.25, 0.3) is 0 Å². The number of nitrogens with zero attached hydrogens (tertiary/aromatic N) is 1.